The molecular weight excluding hydrogens is 382 g/mol. The van der Waals surface area contributed by atoms with Crippen LogP contribution in [-0.2, 0) is 0 Å². The fraction of sp³-hybridized carbons (Fsp3) is 0.423. The van der Waals surface area contributed by atoms with Gasteiger partial charge in [0.1, 0.15) is 5.82 Å². The molecule has 0 aromatic heterocycles. The number of carbonyl (C=O) groups excluding carboxylic acids is 1. The Morgan fingerprint density at radius 1 is 1.00 bits per heavy atom. The molecule has 4 atom stereocenters. The second kappa shape index (κ2) is 8.71. The number of carbonyl (C=O) groups is 1. The molecule has 30 heavy (non-hydrogen) atoms. The molecule has 0 bridgehead atoms. The van der Waals surface area contributed by atoms with Crippen molar-refractivity contribution in [3.8, 4) is 5.75 Å². The van der Waals surface area contributed by atoms with E-state index in [9.17, 15) is 13.6 Å². The molecule has 158 valence electrons. The predicted octanol–water partition coefficient (Wildman–Crippen LogP) is 6.98. The van der Waals surface area contributed by atoms with Gasteiger partial charge in [0.25, 0.3) is 0 Å². The van der Waals surface area contributed by atoms with E-state index in [-0.39, 0.29) is 23.0 Å². The van der Waals surface area contributed by atoms with Crippen LogP contribution in [0.15, 0.2) is 49.1 Å². The molecule has 0 saturated heterocycles. The molecule has 4 rings (SSSR count). The van der Waals surface area contributed by atoms with Crippen LogP contribution >= 0.6 is 0 Å². The molecule has 0 aliphatic heterocycles. The molecular formula is C26H28F2O2. The molecule has 2 aromatic carbocycles. The van der Waals surface area contributed by atoms with Crippen molar-refractivity contribution in [3.63, 3.8) is 0 Å². The number of aryl methyl sites for hydroxylation is 1. The highest BCUT2D eigenvalue weighted by Crippen LogP contribution is 2.48. The van der Waals surface area contributed by atoms with Crippen LogP contribution in [0, 0.1) is 36.3 Å². The normalized spacial score (nSPS) is 26.0. The zero-order valence-electron chi connectivity index (χ0n) is 17.4. The maximum Gasteiger partial charge on any atom is 0.343 e. The summed E-state index contributed by atoms with van der Waals surface area (Å²) < 4.78 is 34.0. The first kappa shape index (κ1) is 20.8. The molecule has 2 nitrogen and oxygen atoms in total. The highest BCUT2D eigenvalue weighted by Gasteiger charge is 2.36. The van der Waals surface area contributed by atoms with Crippen molar-refractivity contribution >= 4 is 5.97 Å². The molecule has 0 heterocycles. The summed E-state index contributed by atoms with van der Waals surface area (Å²) >= 11 is 0. The monoisotopic (exact) mass is 410 g/mol. The average molecular weight is 411 g/mol. The summed E-state index contributed by atoms with van der Waals surface area (Å²) in [5, 5.41) is 0. The highest BCUT2D eigenvalue weighted by molar-refractivity contribution is 5.91. The van der Waals surface area contributed by atoms with Crippen molar-refractivity contribution < 1.29 is 18.3 Å². The Bertz CT molecular complexity index is 952. The lowest BCUT2D eigenvalue weighted by Gasteiger charge is -2.41. The Kier molecular flexibility index (Phi) is 6.03. The number of esters is 1. The Labute approximate surface area is 177 Å². The number of hydrogen-bond acceptors (Lipinski definition) is 2. The summed E-state index contributed by atoms with van der Waals surface area (Å²) in [6.45, 7) is 5.70. The van der Waals surface area contributed by atoms with Crippen molar-refractivity contribution in [1.82, 2.24) is 0 Å². The summed E-state index contributed by atoms with van der Waals surface area (Å²) in [7, 11) is 0. The first-order chi connectivity index (χ1) is 14.4. The van der Waals surface area contributed by atoms with Crippen molar-refractivity contribution in [1.29, 1.82) is 0 Å². The maximum atomic E-state index is 14.9. The summed E-state index contributed by atoms with van der Waals surface area (Å²) in [5.41, 5.74) is 1.50. The minimum Gasteiger partial charge on any atom is -0.420 e. The topological polar surface area (TPSA) is 26.3 Å². The van der Waals surface area contributed by atoms with Gasteiger partial charge in [0, 0.05) is 0 Å². The van der Waals surface area contributed by atoms with E-state index in [1.165, 1.54) is 37.5 Å². The molecule has 0 amide bonds. The van der Waals surface area contributed by atoms with E-state index in [1.54, 1.807) is 25.1 Å². The zero-order valence-corrected chi connectivity index (χ0v) is 17.4. The summed E-state index contributed by atoms with van der Waals surface area (Å²) in [6, 6.07) is 8.89. The molecule has 2 aliphatic rings. The van der Waals surface area contributed by atoms with Gasteiger partial charge in [-0.1, -0.05) is 18.2 Å². The van der Waals surface area contributed by atoms with E-state index in [4.69, 9.17) is 4.74 Å². The lowest BCUT2D eigenvalue weighted by atomic mass is 9.64. The van der Waals surface area contributed by atoms with Crippen LogP contribution in [0.2, 0.25) is 0 Å². The SMILES string of the molecule is C=CC1CCC2CC(c3ccc(C(=O)Oc4ccc(C)cc4F)cc3F)CCC2C1. The highest BCUT2D eigenvalue weighted by atomic mass is 19.1. The number of ether oxygens (including phenoxy) is 1. The molecule has 2 aliphatic carbocycles. The largest absolute Gasteiger partial charge is 0.420 e. The summed E-state index contributed by atoms with van der Waals surface area (Å²) in [5.74, 6) is 0.293. The van der Waals surface area contributed by atoms with Gasteiger partial charge in [0.05, 0.1) is 5.56 Å². The van der Waals surface area contributed by atoms with Gasteiger partial charge >= 0.3 is 5.97 Å². The van der Waals surface area contributed by atoms with Gasteiger partial charge in [-0.15, -0.1) is 6.58 Å². The standard InChI is InChI=1S/C26H28F2O2/c1-3-17-5-6-19-14-20(8-7-18(19)13-17)22-10-9-21(15-23(22)27)26(29)30-25-11-4-16(2)12-24(25)28/h3-4,9-12,15,17-20H,1,5-8,13-14H2,2H3. The van der Waals surface area contributed by atoms with Crippen LogP contribution in [0.4, 0.5) is 8.78 Å². The molecule has 4 unspecified atom stereocenters. The minimum absolute atomic E-state index is 0.0939. The van der Waals surface area contributed by atoms with Gasteiger partial charge in [-0.3, -0.25) is 0 Å². The Hall–Kier alpha value is -2.49. The fourth-order valence-corrected chi connectivity index (χ4v) is 5.25. The van der Waals surface area contributed by atoms with E-state index in [2.05, 4.69) is 12.7 Å². The van der Waals surface area contributed by atoms with E-state index in [1.807, 2.05) is 0 Å². The number of hydrogen-bond donors (Lipinski definition) is 0. The van der Waals surface area contributed by atoms with Gasteiger partial charge in [0.2, 0.25) is 0 Å². The molecule has 2 fully saturated rings. The third-order valence-electron chi connectivity index (χ3n) is 6.95. The third-order valence-corrected chi connectivity index (χ3v) is 6.95. The van der Waals surface area contributed by atoms with Crippen molar-refractivity contribution in [3.05, 3.63) is 77.4 Å². The minimum atomic E-state index is -0.755. The molecule has 4 heteroatoms. The van der Waals surface area contributed by atoms with Crippen LogP contribution in [0.25, 0.3) is 0 Å². The van der Waals surface area contributed by atoms with Crippen LogP contribution in [-0.4, -0.2) is 5.97 Å². The molecule has 0 N–H and O–H groups in total. The second-order valence-electron chi connectivity index (χ2n) is 8.90. The van der Waals surface area contributed by atoms with Gasteiger partial charge in [0.15, 0.2) is 11.6 Å². The zero-order chi connectivity index (χ0) is 21.3. The number of benzene rings is 2. The van der Waals surface area contributed by atoms with Crippen molar-refractivity contribution in [2.75, 3.05) is 0 Å². The van der Waals surface area contributed by atoms with Crippen molar-refractivity contribution in [2.45, 2.75) is 51.4 Å². The Morgan fingerprint density at radius 3 is 2.50 bits per heavy atom. The number of rotatable bonds is 4. The molecule has 0 radical (unpaired) electrons. The van der Waals surface area contributed by atoms with Crippen LogP contribution in [0.1, 0.15) is 65.9 Å². The van der Waals surface area contributed by atoms with E-state index in [0.29, 0.717) is 17.4 Å². The Balaban J connectivity index is 1.44. The van der Waals surface area contributed by atoms with Gasteiger partial charge in [-0.2, -0.15) is 0 Å². The van der Waals surface area contributed by atoms with E-state index >= 15 is 0 Å². The smallest absolute Gasteiger partial charge is 0.343 e. The lowest BCUT2D eigenvalue weighted by molar-refractivity contribution is 0.0727. The fourth-order valence-electron chi connectivity index (χ4n) is 5.25. The predicted molar refractivity (Wildman–Crippen MR) is 114 cm³/mol. The Morgan fingerprint density at radius 2 is 1.77 bits per heavy atom. The molecule has 0 spiro atoms. The molecule has 2 saturated carbocycles. The summed E-state index contributed by atoms with van der Waals surface area (Å²) in [4.78, 5) is 12.4. The second-order valence-corrected chi connectivity index (χ2v) is 8.90. The van der Waals surface area contributed by atoms with Crippen LogP contribution < -0.4 is 4.74 Å². The average Bonchev–Trinajstić information content (AvgIpc) is 2.74. The van der Waals surface area contributed by atoms with Crippen LogP contribution in [0.3, 0.4) is 0 Å². The van der Waals surface area contributed by atoms with E-state index in [0.717, 1.165) is 30.7 Å². The van der Waals surface area contributed by atoms with E-state index < -0.39 is 11.8 Å². The maximum absolute atomic E-state index is 14.9. The lowest BCUT2D eigenvalue weighted by Crippen LogP contribution is -2.30. The number of allylic oxidation sites excluding steroid dienone is 1. The first-order valence-electron chi connectivity index (χ1n) is 10.8. The molecule has 2 aromatic rings. The first-order valence-corrected chi connectivity index (χ1v) is 10.8. The summed E-state index contributed by atoms with van der Waals surface area (Å²) in [6.07, 6.45) is 8.76. The van der Waals surface area contributed by atoms with Gasteiger partial charge < -0.3 is 4.74 Å². The number of halogens is 2. The number of fused-ring (bicyclic) bond motifs is 1. The quantitative estimate of drug-likeness (QED) is 0.309. The van der Waals surface area contributed by atoms with Gasteiger partial charge in [-0.25, -0.2) is 13.6 Å². The van der Waals surface area contributed by atoms with Crippen LogP contribution in [0.5, 0.6) is 5.75 Å². The van der Waals surface area contributed by atoms with Crippen molar-refractivity contribution in [2.24, 2.45) is 17.8 Å². The van der Waals surface area contributed by atoms with Gasteiger partial charge in [-0.05, 0) is 105 Å². The third kappa shape index (κ3) is 4.33.